The number of nitrogens with zero attached hydrogens (tertiary/aromatic N) is 3. The minimum atomic E-state index is 0.000526. The molecule has 0 aliphatic carbocycles. The van der Waals surface area contributed by atoms with Crippen LogP contribution in [0.4, 0.5) is 0 Å². The molecule has 0 fully saturated rings. The van der Waals surface area contributed by atoms with E-state index in [1.165, 1.54) is 28.5 Å². The summed E-state index contributed by atoms with van der Waals surface area (Å²) in [4.78, 5) is 12.1. The van der Waals surface area contributed by atoms with Gasteiger partial charge < -0.3 is 5.32 Å². The normalized spacial score (nSPS) is 10.7. The first-order valence-electron chi connectivity index (χ1n) is 8.54. The number of benzene rings is 2. The molecule has 3 aromatic rings. The van der Waals surface area contributed by atoms with E-state index in [1.54, 1.807) is 6.33 Å². The molecule has 26 heavy (non-hydrogen) atoms. The molecule has 0 bridgehead atoms. The van der Waals surface area contributed by atoms with Gasteiger partial charge >= 0.3 is 0 Å². The number of nitrogens with one attached hydrogen (secondary N) is 1. The van der Waals surface area contributed by atoms with Gasteiger partial charge in [0.25, 0.3) is 0 Å². The van der Waals surface area contributed by atoms with E-state index in [1.807, 2.05) is 28.8 Å². The van der Waals surface area contributed by atoms with Crippen molar-refractivity contribution in [1.29, 1.82) is 0 Å². The molecule has 0 aliphatic heterocycles. The van der Waals surface area contributed by atoms with Crippen LogP contribution in [0.25, 0.3) is 5.69 Å². The quantitative estimate of drug-likeness (QED) is 0.652. The van der Waals surface area contributed by atoms with Crippen LogP contribution in [0, 0.1) is 13.8 Å². The number of rotatable bonds is 7. The van der Waals surface area contributed by atoms with Gasteiger partial charge in [0.1, 0.15) is 6.33 Å². The number of hydrogen-bond donors (Lipinski definition) is 1. The van der Waals surface area contributed by atoms with E-state index < -0.39 is 0 Å². The number of carbonyl (C=O) groups excluding carboxylic acids is 1. The first kappa shape index (κ1) is 18.2. The molecule has 0 spiro atoms. The van der Waals surface area contributed by atoms with Gasteiger partial charge in [-0.3, -0.25) is 9.36 Å². The fourth-order valence-corrected chi connectivity index (χ4v) is 3.31. The first-order valence-corrected chi connectivity index (χ1v) is 9.53. The van der Waals surface area contributed by atoms with Crippen molar-refractivity contribution >= 4 is 17.7 Å². The summed E-state index contributed by atoms with van der Waals surface area (Å²) in [6, 6.07) is 16.3. The molecule has 0 saturated heterocycles. The lowest BCUT2D eigenvalue weighted by atomic mass is 10.1. The van der Waals surface area contributed by atoms with Crippen molar-refractivity contribution < 1.29 is 4.79 Å². The summed E-state index contributed by atoms with van der Waals surface area (Å²) in [5, 5.41) is 11.8. The predicted octanol–water partition coefficient (Wildman–Crippen LogP) is 3.34. The molecule has 134 valence electrons. The Bertz CT molecular complexity index is 877. The van der Waals surface area contributed by atoms with E-state index in [0.29, 0.717) is 17.5 Å². The van der Waals surface area contributed by atoms with Crippen LogP contribution in [0.2, 0.25) is 0 Å². The summed E-state index contributed by atoms with van der Waals surface area (Å²) < 4.78 is 1.91. The Morgan fingerprint density at radius 2 is 1.92 bits per heavy atom. The van der Waals surface area contributed by atoms with Gasteiger partial charge in [0, 0.05) is 12.2 Å². The highest BCUT2D eigenvalue weighted by Crippen LogP contribution is 2.21. The van der Waals surface area contributed by atoms with Gasteiger partial charge in [0.2, 0.25) is 5.91 Å². The van der Waals surface area contributed by atoms with Crippen molar-refractivity contribution in [2.75, 3.05) is 12.3 Å². The molecule has 0 unspecified atom stereocenters. The summed E-state index contributed by atoms with van der Waals surface area (Å²) >= 11 is 1.39. The summed E-state index contributed by atoms with van der Waals surface area (Å²) in [5.74, 6) is 0.318. The number of amides is 1. The molecule has 2 aromatic carbocycles. The number of carbonyl (C=O) groups is 1. The van der Waals surface area contributed by atoms with Gasteiger partial charge in [-0.15, -0.1) is 10.2 Å². The number of hydrogen-bond acceptors (Lipinski definition) is 4. The highest BCUT2D eigenvalue weighted by molar-refractivity contribution is 7.99. The molecule has 1 heterocycles. The summed E-state index contributed by atoms with van der Waals surface area (Å²) in [7, 11) is 0. The Morgan fingerprint density at radius 3 is 2.69 bits per heavy atom. The molecular weight excluding hydrogens is 344 g/mol. The van der Waals surface area contributed by atoms with Crippen LogP contribution in [0.3, 0.4) is 0 Å². The molecule has 1 amide bonds. The molecule has 3 rings (SSSR count). The molecular formula is C20H22N4OS. The first-order chi connectivity index (χ1) is 12.6. The average molecular weight is 366 g/mol. The van der Waals surface area contributed by atoms with Crippen LogP contribution in [-0.2, 0) is 11.2 Å². The van der Waals surface area contributed by atoms with Gasteiger partial charge in [0.05, 0.1) is 5.75 Å². The summed E-state index contributed by atoms with van der Waals surface area (Å²) in [5.41, 5.74) is 4.68. The monoisotopic (exact) mass is 366 g/mol. The standard InChI is InChI=1S/C20H22N4OS/c1-15-8-9-18(12-16(15)2)24-14-22-23-20(24)26-13-19(25)21-11-10-17-6-4-3-5-7-17/h3-9,12,14H,10-11,13H2,1-2H3,(H,21,25). The van der Waals surface area contributed by atoms with Crippen LogP contribution in [-0.4, -0.2) is 33.0 Å². The molecule has 0 aliphatic rings. The number of aromatic nitrogens is 3. The lowest BCUT2D eigenvalue weighted by molar-refractivity contribution is -0.118. The maximum absolute atomic E-state index is 12.1. The molecule has 1 aromatic heterocycles. The van der Waals surface area contributed by atoms with Gasteiger partial charge in [-0.1, -0.05) is 48.2 Å². The topological polar surface area (TPSA) is 59.8 Å². The third-order valence-electron chi connectivity index (χ3n) is 4.20. The lowest BCUT2D eigenvalue weighted by Gasteiger charge is -2.09. The largest absolute Gasteiger partial charge is 0.355 e. The zero-order valence-corrected chi connectivity index (χ0v) is 15.8. The Morgan fingerprint density at radius 1 is 1.12 bits per heavy atom. The van der Waals surface area contributed by atoms with Crippen molar-refractivity contribution in [3.05, 3.63) is 71.5 Å². The maximum Gasteiger partial charge on any atom is 0.230 e. The minimum absolute atomic E-state index is 0.000526. The lowest BCUT2D eigenvalue weighted by Crippen LogP contribution is -2.27. The third kappa shape index (κ3) is 4.73. The van der Waals surface area contributed by atoms with Crippen LogP contribution in [0.5, 0.6) is 0 Å². The van der Waals surface area contributed by atoms with E-state index in [4.69, 9.17) is 0 Å². The van der Waals surface area contributed by atoms with Crippen LogP contribution in [0.1, 0.15) is 16.7 Å². The van der Waals surface area contributed by atoms with E-state index in [-0.39, 0.29) is 5.91 Å². The highest BCUT2D eigenvalue weighted by atomic mass is 32.2. The van der Waals surface area contributed by atoms with Crippen LogP contribution >= 0.6 is 11.8 Å². The SMILES string of the molecule is Cc1ccc(-n2cnnc2SCC(=O)NCCc2ccccc2)cc1C. The van der Waals surface area contributed by atoms with Crippen molar-refractivity contribution in [3.8, 4) is 5.69 Å². The van der Waals surface area contributed by atoms with Crippen molar-refractivity contribution in [3.63, 3.8) is 0 Å². The van der Waals surface area contributed by atoms with Crippen molar-refractivity contribution in [1.82, 2.24) is 20.1 Å². The van der Waals surface area contributed by atoms with Crippen molar-refractivity contribution in [2.45, 2.75) is 25.4 Å². The number of aryl methyl sites for hydroxylation is 2. The Hall–Kier alpha value is -2.60. The second-order valence-electron chi connectivity index (χ2n) is 6.13. The fraction of sp³-hybridized carbons (Fsp3) is 0.250. The van der Waals surface area contributed by atoms with E-state index in [2.05, 4.69) is 53.6 Å². The highest BCUT2D eigenvalue weighted by Gasteiger charge is 2.10. The summed E-state index contributed by atoms with van der Waals surface area (Å²) in [6.07, 6.45) is 2.51. The molecule has 1 N–H and O–H groups in total. The predicted molar refractivity (Wildman–Crippen MR) is 105 cm³/mol. The van der Waals surface area contributed by atoms with Gasteiger partial charge in [-0.05, 0) is 49.1 Å². The molecule has 0 radical (unpaired) electrons. The average Bonchev–Trinajstić information content (AvgIpc) is 3.12. The van der Waals surface area contributed by atoms with Crippen LogP contribution < -0.4 is 5.32 Å². The molecule has 6 heteroatoms. The zero-order valence-electron chi connectivity index (χ0n) is 15.0. The summed E-state index contributed by atoms with van der Waals surface area (Å²) in [6.45, 7) is 4.80. The number of thioether (sulfide) groups is 1. The zero-order chi connectivity index (χ0) is 18.4. The second kappa shape index (κ2) is 8.67. The fourth-order valence-electron chi connectivity index (χ4n) is 2.55. The molecule has 5 nitrogen and oxygen atoms in total. The minimum Gasteiger partial charge on any atom is -0.355 e. The Kier molecular flexibility index (Phi) is 6.07. The molecule has 0 saturated carbocycles. The Labute approximate surface area is 157 Å². The molecule has 0 atom stereocenters. The maximum atomic E-state index is 12.1. The van der Waals surface area contributed by atoms with Gasteiger partial charge in [-0.2, -0.15) is 0 Å². The van der Waals surface area contributed by atoms with E-state index in [9.17, 15) is 4.79 Å². The Balaban J connectivity index is 1.53. The van der Waals surface area contributed by atoms with Crippen molar-refractivity contribution in [2.24, 2.45) is 0 Å². The third-order valence-corrected chi connectivity index (χ3v) is 5.14. The second-order valence-corrected chi connectivity index (χ2v) is 7.07. The smallest absolute Gasteiger partial charge is 0.230 e. The van der Waals surface area contributed by atoms with Crippen LogP contribution in [0.15, 0.2) is 60.0 Å². The van der Waals surface area contributed by atoms with E-state index in [0.717, 1.165) is 12.1 Å². The van der Waals surface area contributed by atoms with Gasteiger partial charge in [0.15, 0.2) is 5.16 Å². The van der Waals surface area contributed by atoms with Gasteiger partial charge in [-0.25, -0.2) is 0 Å². The van der Waals surface area contributed by atoms with E-state index >= 15 is 0 Å².